The minimum absolute atomic E-state index is 0.319. The summed E-state index contributed by atoms with van der Waals surface area (Å²) in [6, 6.07) is 6.52. The molecule has 1 unspecified atom stereocenters. The third-order valence-electron chi connectivity index (χ3n) is 2.47. The van der Waals surface area contributed by atoms with Crippen LogP contribution in [0.2, 0.25) is 5.02 Å². The van der Waals surface area contributed by atoms with E-state index in [1.807, 2.05) is 12.1 Å². The number of hydrogen-bond donors (Lipinski definition) is 1. The molecule has 0 radical (unpaired) electrons. The molecule has 1 aromatic carbocycles. The zero-order valence-corrected chi connectivity index (χ0v) is 11.1. The highest BCUT2D eigenvalue weighted by molar-refractivity contribution is 6.30. The first-order valence-corrected chi connectivity index (χ1v) is 6.05. The molecule has 0 spiro atoms. The summed E-state index contributed by atoms with van der Waals surface area (Å²) in [6.45, 7) is 11.2. The van der Waals surface area contributed by atoms with E-state index >= 15 is 0 Å². The number of hydrogen-bond acceptors (Lipinski definition) is 1. The molecule has 0 aromatic heterocycles. The molecule has 2 heteroatoms. The maximum Gasteiger partial charge on any atom is 0.0411 e. The normalized spacial score (nSPS) is 12.5. The number of nitrogens with one attached hydrogen (secondary N) is 1. The molecule has 0 heterocycles. The monoisotopic (exact) mass is 237 g/mol. The number of rotatable bonds is 5. The van der Waals surface area contributed by atoms with Crippen LogP contribution < -0.4 is 5.32 Å². The van der Waals surface area contributed by atoms with Crippen molar-refractivity contribution < 1.29 is 0 Å². The fraction of sp³-hybridized carbons (Fsp3) is 0.429. The van der Waals surface area contributed by atoms with E-state index in [4.69, 9.17) is 11.6 Å². The van der Waals surface area contributed by atoms with Gasteiger partial charge in [0.1, 0.15) is 0 Å². The molecule has 0 aliphatic carbocycles. The van der Waals surface area contributed by atoms with E-state index in [-0.39, 0.29) is 0 Å². The van der Waals surface area contributed by atoms with Crippen molar-refractivity contribution in [2.75, 3.05) is 6.54 Å². The third-order valence-corrected chi connectivity index (χ3v) is 2.69. The highest BCUT2D eigenvalue weighted by atomic mass is 35.5. The van der Waals surface area contributed by atoms with Crippen molar-refractivity contribution in [2.24, 2.45) is 0 Å². The Morgan fingerprint density at radius 3 is 2.62 bits per heavy atom. The molecule has 1 atom stereocenters. The van der Waals surface area contributed by atoms with Gasteiger partial charge < -0.3 is 5.32 Å². The van der Waals surface area contributed by atoms with Gasteiger partial charge in [0.25, 0.3) is 0 Å². The fourth-order valence-corrected chi connectivity index (χ4v) is 2.17. The molecule has 0 bridgehead atoms. The van der Waals surface area contributed by atoms with Crippen LogP contribution in [0.5, 0.6) is 0 Å². The lowest BCUT2D eigenvalue weighted by Gasteiger charge is -2.19. The Morgan fingerprint density at radius 2 is 2.12 bits per heavy atom. The summed E-state index contributed by atoms with van der Waals surface area (Å²) in [6.07, 6.45) is 0.952. The molecule has 1 aromatic rings. The molecular formula is C14H20ClN. The largest absolute Gasteiger partial charge is 0.310 e. The lowest BCUT2D eigenvalue weighted by atomic mass is 9.99. The van der Waals surface area contributed by atoms with Crippen molar-refractivity contribution in [2.45, 2.75) is 33.2 Å². The second-order valence-corrected chi connectivity index (χ2v) is 4.77. The van der Waals surface area contributed by atoms with Crippen molar-refractivity contribution >= 4 is 11.6 Å². The lowest BCUT2D eigenvalue weighted by molar-refractivity contribution is 0.548. The van der Waals surface area contributed by atoms with Crippen molar-refractivity contribution in [3.8, 4) is 0 Å². The van der Waals surface area contributed by atoms with Gasteiger partial charge in [-0.2, -0.15) is 0 Å². The Balaban J connectivity index is 2.95. The molecule has 1 rings (SSSR count). The maximum atomic E-state index is 6.08. The van der Waals surface area contributed by atoms with Gasteiger partial charge in [-0.3, -0.25) is 0 Å². The molecule has 88 valence electrons. The van der Waals surface area contributed by atoms with Crippen molar-refractivity contribution in [3.63, 3.8) is 0 Å². The Bertz CT molecular complexity index is 351. The second kappa shape index (κ2) is 6.07. The minimum atomic E-state index is 0.319. The van der Waals surface area contributed by atoms with Crippen LogP contribution in [0.15, 0.2) is 30.4 Å². The van der Waals surface area contributed by atoms with Gasteiger partial charge in [0.05, 0.1) is 0 Å². The van der Waals surface area contributed by atoms with Crippen LogP contribution in [-0.4, -0.2) is 6.54 Å². The Morgan fingerprint density at radius 1 is 1.44 bits per heavy atom. The van der Waals surface area contributed by atoms with Crippen LogP contribution in [0.4, 0.5) is 0 Å². The SMILES string of the molecule is C=C(C)CC(NCC)c1cc(C)cc(Cl)c1. The van der Waals surface area contributed by atoms with Crippen LogP contribution in [0.25, 0.3) is 0 Å². The summed E-state index contributed by atoms with van der Waals surface area (Å²) < 4.78 is 0. The summed E-state index contributed by atoms with van der Waals surface area (Å²) in [5.41, 5.74) is 3.63. The zero-order valence-electron chi connectivity index (χ0n) is 10.3. The van der Waals surface area contributed by atoms with Gasteiger partial charge in [-0.05, 0) is 50.1 Å². The van der Waals surface area contributed by atoms with Crippen LogP contribution in [0, 0.1) is 6.92 Å². The van der Waals surface area contributed by atoms with E-state index in [1.165, 1.54) is 16.7 Å². The predicted octanol–water partition coefficient (Wildman–Crippen LogP) is 4.27. The van der Waals surface area contributed by atoms with Gasteiger partial charge in [0.2, 0.25) is 0 Å². The molecule has 0 amide bonds. The molecular weight excluding hydrogens is 218 g/mol. The summed E-state index contributed by atoms with van der Waals surface area (Å²) in [5.74, 6) is 0. The Hall–Kier alpha value is -0.790. The summed E-state index contributed by atoms with van der Waals surface area (Å²) >= 11 is 6.08. The Kier molecular flexibility index (Phi) is 5.04. The van der Waals surface area contributed by atoms with Crippen LogP contribution in [0.3, 0.4) is 0 Å². The molecule has 1 N–H and O–H groups in total. The molecule has 0 aliphatic rings. The van der Waals surface area contributed by atoms with E-state index in [1.54, 1.807) is 0 Å². The molecule has 0 saturated carbocycles. The van der Waals surface area contributed by atoms with Gasteiger partial charge in [-0.1, -0.05) is 30.2 Å². The molecule has 16 heavy (non-hydrogen) atoms. The Labute approximate surface area is 104 Å². The average molecular weight is 238 g/mol. The van der Waals surface area contributed by atoms with Crippen molar-refractivity contribution in [1.29, 1.82) is 0 Å². The summed E-state index contributed by atoms with van der Waals surface area (Å²) in [5, 5.41) is 4.27. The molecule has 0 aliphatic heterocycles. The van der Waals surface area contributed by atoms with Gasteiger partial charge >= 0.3 is 0 Å². The summed E-state index contributed by atoms with van der Waals surface area (Å²) in [7, 11) is 0. The van der Waals surface area contributed by atoms with Gasteiger partial charge in [-0.25, -0.2) is 0 Å². The van der Waals surface area contributed by atoms with E-state index in [2.05, 4.69) is 38.7 Å². The maximum absolute atomic E-state index is 6.08. The van der Waals surface area contributed by atoms with E-state index in [0.29, 0.717) is 6.04 Å². The highest BCUT2D eigenvalue weighted by Gasteiger charge is 2.11. The van der Waals surface area contributed by atoms with E-state index in [0.717, 1.165) is 18.0 Å². The van der Waals surface area contributed by atoms with Gasteiger partial charge in [-0.15, -0.1) is 6.58 Å². The number of halogens is 1. The number of benzene rings is 1. The highest BCUT2D eigenvalue weighted by Crippen LogP contribution is 2.24. The first kappa shape index (κ1) is 13.3. The first-order valence-electron chi connectivity index (χ1n) is 5.67. The smallest absolute Gasteiger partial charge is 0.0411 e. The van der Waals surface area contributed by atoms with E-state index < -0.39 is 0 Å². The van der Waals surface area contributed by atoms with Crippen molar-refractivity contribution in [1.82, 2.24) is 5.32 Å². The fourth-order valence-electron chi connectivity index (χ4n) is 1.87. The standard InChI is InChI=1S/C14H20ClN/c1-5-16-14(6-10(2)3)12-7-11(4)8-13(15)9-12/h7-9,14,16H,2,5-6H2,1,3-4H3. The van der Waals surface area contributed by atoms with Crippen molar-refractivity contribution in [3.05, 3.63) is 46.5 Å². The van der Waals surface area contributed by atoms with Gasteiger partial charge in [0, 0.05) is 11.1 Å². The van der Waals surface area contributed by atoms with Crippen LogP contribution in [0.1, 0.15) is 37.4 Å². The summed E-state index contributed by atoms with van der Waals surface area (Å²) in [4.78, 5) is 0. The second-order valence-electron chi connectivity index (χ2n) is 4.33. The van der Waals surface area contributed by atoms with Crippen LogP contribution in [-0.2, 0) is 0 Å². The lowest BCUT2D eigenvalue weighted by Crippen LogP contribution is -2.21. The quantitative estimate of drug-likeness (QED) is 0.755. The third kappa shape index (κ3) is 3.99. The molecule has 0 fully saturated rings. The zero-order chi connectivity index (χ0) is 12.1. The average Bonchev–Trinajstić information content (AvgIpc) is 2.14. The predicted molar refractivity (Wildman–Crippen MR) is 72.0 cm³/mol. The molecule has 1 nitrogen and oxygen atoms in total. The molecule has 0 saturated heterocycles. The number of aryl methyl sites for hydroxylation is 1. The van der Waals surface area contributed by atoms with Gasteiger partial charge in [0.15, 0.2) is 0 Å². The first-order chi connectivity index (χ1) is 7.52. The topological polar surface area (TPSA) is 12.0 Å². The van der Waals surface area contributed by atoms with E-state index in [9.17, 15) is 0 Å². The van der Waals surface area contributed by atoms with Crippen LogP contribution >= 0.6 is 11.6 Å². The minimum Gasteiger partial charge on any atom is -0.310 e.